The van der Waals surface area contributed by atoms with Crippen LogP contribution in [0.15, 0.2) is 53.9 Å². The Morgan fingerprint density at radius 2 is 1.85 bits per heavy atom. The van der Waals surface area contributed by atoms with Crippen molar-refractivity contribution < 1.29 is 41.5 Å². The first-order valence-corrected chi connectivity index (χ1v) is 20.3. The topological polar surface area (TPSA) is 186 Å². The number of aromatic nitrogens is 2. The van der Waals surface area contributed by atoms with E-state index in [9.17, 15) is 32.0 Å². The number of para-hydroxylation sites is 2. The van der Waals surface area contributed by atoms with Gasteiger partial charge in [-0.3, -0.25) is 19.1 Å². The van der Waals surface area contributed by atoms with Gasteiger partial charge in [0.25, 0.3) is 5.91 Å². The van der Waals surface area contributed by atoms with E-state index in [1.54, 1.807) is 6.07 Å². The minimum absolute atomic E-state index is 0.00639. The number of sulfonamides is 1. The molecule has 282 valence electrons. The van der Waals surface area contributed by atoms with Crippen molar-refractivity contribution in [2.75, 3.05) is 19.8 Å². The minimum atomic E-state index is -3.91. The maximum absolute atomic E-state index is 14.4. The number of benzene rings is 1. The number of carbonyl (C=O) groups excluding carboxylic acids is 4. The van der Waals surface area contributed by atoms with Gasteiger partial charge in [-0.2, -0.15) is 0 Å². The molecule has 7 rings (SSSR count). The third-order valence-corrected chi connectivity index (χ3v) is 12.7. The zero-order chi connectivity index (χ0) is 37.2. The van der Waals surface area contributed by atoms with Crippen molar-refractivity contribution in [2.24, 2.45) is 5.92 Å². The molecule has 0 radical (unpaired) electrons. The summed E-state index contributed by atoms with van der Waals surface area (Å²) in [5.74, 6) is -2.31. The summed E-state index contributed by atoms with van der Waals surface area (Å²) in [4.78, 5) is 66.7. The van der Waals surface area contributed by atoms with Gasteiger partial charge < -0.3 is 25.0 Å². The molecule has 0 spiro atoms. The molecule has 4 aliphatic rings. The Hall–Kier alpha value is -4.64. The van der Waals surface area contributed by atoms with Gasteiger partial charge in [-0.15, -0.1) is 11.3 Å². The average molecular weight is 769 g/mol. The van der Waals surface area contributed by atoms with E-state index in [0.29, 0.717) is 48.8 Å². The molecule has 2 aliphatic carbocycles. The number of fused-ring (bicyclic) bond motifs is 3. The van der Waals surface area contributed by atoms with Crippen LogP contribution >= 0.6 is 11.3 Å². The second-order valence-electron chi connectivity index (χ2n) is 13.9. The Kier molecular flexibility index (Phi) is 10.7. The molecule has 2 aliphatic heterocycles. The van der Waals surface area contributed by atoms with Crippen LogP contribution in [-0.2, 0) is 29.1 Å². The lowest BCUT2D eigenvalue weighted by molar-refractivity contribution is -0.141. The van der Waals surface area contributed by atoms with E-state index in [2.05, 4.69) is 15.4 Å². The molecule has 2 aromatic heterocycles. The van der Waals surface area contributed by atoms with Gasteiger partial charge in [0.2, 0.25) is 27.7 Å². The van der Waals surface area contributed by atoms with Gasteiger partial charge in [0.05, 0.1) is 27.7 Å². The normalized spacial score (nSPS) is 27.0. The van der Waals surface area contributed by atoms with Crippen LogP contribution in [0.4, 0.5) is 9.18 Å². The number of alkyl carbamates (subject to hydrolysis) is 1. The Bertz CT molecular complexity index is 2010. The number of halogens is 1. The molecule has 4 heterocycles. The number of hydrogen-bond acceptors (Lipinski definition) is 11. The van der Waals surface area contributed by atoms with Gasteiger partial charge in [0.15, 0.2) is 0 Å². The number of alkyl halides is 1. The summed E-state index contributed by atoms with van der Waals surface area (Å²) in [6, 6.07) is 8.82. The van der Waals surface area contributed by atoms with E-state index in [4.69, 9.17) is 19.4 Å². The van der Waals surface area contributed by atoms with E-state index in [1.165, 1.54) is 16.2 Å². The second-order valence-corrected chi connectivity index (χ2v) is 16.8. The molecule has 2 saturated carbocycles. The van der Waals surface area contributed by atoms with Crippen LogP contribution in [0.25, 0.3) is 21.6 Å². The molecule has 53 heavy (non-hydrogen) atoms. The van der Waals surface area contributed by atoms with Gasteiger partial charge in [-0.1, -0.05) is 43.2 Å². The molecule has 3 fully saturated rings. The lowest BCUT2D eigenvalue weighted by Gasteiger charge is -2.29. The number of allylic oxidation sites excluding steroid dienone is 1. The summed E-state index contributed by atoms with van der Waals surface area (Å²) in [5, 5.41) is 6.66. The monoisotopic (exact) mass is 768 g/mol. The fourth-order valence-corrected chi connectivity index (χ4v) is 9.03. The SMILES string of the molecule is O=C(N[C@H]1CCCCC/C=C\[C@@H]2C[C@@]2(C(=O)NS(=O)(=O)C2CC2)NC(=O)[C@@H]2C[C@@H](Oc3nc4ccccc4nc3-c3cccs3)CN2C1=O)OCCF. The van der Waals surface area contributed by atoms with Gasteiger partial charge in [-0.25, -0.2) is 27.6 Å². The number of nitrogens with zero attached hydrogens (tertiary/aromatic N) is 3. The smallest absolute Gasteiger partial charge is 0.407 e. The number of hydrogen-bond donors (Lipinski definition) is 3. The molecule has 3 N–H and O–H groups in total. The first-order chi connectivity index (χ1) is 25.6. The third-order valence-electron chi connectivity index (χ3n) is 10.0. The quantitative estimate of drug-likeness (QED) is 0.271. The Balaban J connectivity index is 1.21. The van der Waals surface area contributed by atoms with Crippen LogP contribution in [0.5, 0.6) is 5.88 Å². The van der Waals surface area contributed by atoms with Crippen LogP contribution in [0.2, 0.25) is 0 Å². The Morgan fingerprint density at radius 1 is 1.06 bits per heavy atom. The maximum atomic E-state index is 14.4. The van der Waals surface area contributed by atoms with Crippen LogP contribution < -0.4 is 20.1 Å². The average Bonchev–Trinajstić information content (AvgIpc) is 4.01. The van der Waals surface area contributed by atoms with Crippen molar-refractivity contribution >= 4 is 56.2 Å². The van der Waals surface area contributed by atoms with Crippen molar-refractivity contribution in [1.82, 2.24) is 30.2 Å². The largest absolute Gasteiger partial charge is 0.471 e. The lowest BCUT2D eigenvalue weighted by Crippen LogP contribution is -2.58. The van der Waals surface area contributed by atoms with E-state index >= 15 is 0 Å². The number of carbonyl (C=O) groups is 4. The van der Waals surface area contributed by atoms with E-state index in [-0.39, 0.29) is 31.7 Å². The van der Waals surface area contributed by atoms with Crippen molar-refractivity contribution in [3.05, 3.63) is 53.9 Å². The highest BCUT2D eigenvalue weighted by molar-refractivity contribution is 7.91. The van der Waals surface area contributed by atoms with E-state index in [1.807, 2.05) is 47.9 Å². The van der Waals surface area contributed by atoms with Crippen LogP contribution in [0, 0.1) is 5.92 Å². The summed E-state index contributed by atoms with van der Waals surface area (Å²) < 4.78 is 52.0. The molecule has 17 heteroatoms. The van der Waals surface area contributed by atoms with Crippen molar-refractivity contribution in [3.8, 4) is 16.5 Å². The standard InChI is InChI=1S/C36H41FN6O8S2/c37-16-17-50-35(47)40-27-12-5-3-1-2-4-9-22-20-36(22,34(46)42-53(48,49)24-14-15-24)41-31(44)28-19-23(21-43(28)33(27)45)51-32-30(29-13-8-18-52-29)38-25-10-6-7-11-26(25)39-32/h4,6-11,13,18,22-24,27-28H,1-3,5,12,14-17,19-21H2,(H,40,47)(H,41,44)(H,42,46)/b9-4-/t22-,23-,27+,28+,36-/m1/s1. The van der Waals surface area contributed by atoms with Crippen molar-refractivity contribution in [1.29, 1.82) is 0 Å². The first-order valence-electron chi connectivity index (χ1n) is 17.9. The molecule has 5 atom stereocenters. The molecule has 0 bridgehead atoms. The van der Waals surface area contributed by atoms with Crippen molar-refractivity contribution in [3.63, 3.8) is 0 Å². The number of ether oxygens (including phenoxy) is 2. The van der Waals surface area contributed by atoms with Crippen LogP contribution in [-0.4, -0.2) is 95.9 Å². The molecule has 4 amide bonds. The van der Waals surface area contributed by atoms with E-state index in [0.717, 1.165) is 11.3 Å². The van der Waals surface area contributed by atoms with Crippen molar-refractivity contribution in [2.45, 2.75) is 86.8 Å². The first kappa shape index (κ1) is 36.7. The molecule has 14 nitrogen and oxygen atoms in total. The molecule has 1 saturated heterocycles. The van der Waals surface area contributed by atoms with Gasteiger partial charge in [0, 0.05) is 12.3 Å². The Morgan fingerprint density at radius 3 is 2.58 bits per heavy atom. The summed E-state index contributed by atoms with van der Waals surface area (Å²) in [6.07, 6.45) is 6.02. The highest BCUT2D eigenvalue weighted by Gasteiger charge is 2.62. The zero-order valence-electron chi connectivity index (χ0n) is 28.9. The maximum Gasteiger partial charge on any atom is 0.407 e. The van der Waals surface area contributed by atoms with Gasteiger partial charge in [-0.05, 0) is 62.1 Å². The summed E-state index contributed by atoms with van der Waals surface area (Å²) in [6.45, 7) is -1.45. The molecular formula is C36H41FN6O8S2. The number of nitrogens with one attached hydrogen (secondary N) is 3. The highest BCUT2D eigenvalue weighted by atomic mass is 32.2. The highest BCUT2D eigenvalue weighted by Crippen LogP contribution is 2.46. The number of amides is 4. The summed E-state index contributed by atoms with van der Waals surface area (Å²) in [7, 11) is -3.91. The molecule has 3 aromatic rings. The second kappa shape index (κ2) is 15.4. The minimum Gasteiger partial charge on any atom is -0.471 e. The predicted molar refractivity (Wildman–Crippen MR) is 193 cm³/mol. The zero-order valence-corrected chi connectivity index (χ0v) is 30.5. The summed E-state index contributed by atoms with van der Waals surface area (Å²) in [5.41, 5.74) is 0.204. The fourth-order valence-electron chi connectivity index (χ4n) is 6.96. The van der Waals surface area contributed by atoms with Crippen LogP contribution in [0.1, 0.15) is 57.8 Å². The predicted octanol–water partition coefficient (Wildman–Crippen LogP) is 3.77. The fraction of sp³-hybridized carbons (Fsp3) is 0.500. The van der Waals surface area contributed by atoms with Gasteiger partial charge >= 0.3 is 6.09 Å². The molecule has 0 unspecified atom stereocenters. The van der Waals surface area contributed by atoms with Crippen LogP contribution in [0.3, 0.4) is 0 Å². The third kappa shape index (κ3) is 8.15. The number of thiophene rings is 1. The van der Waals surface area contributed by atoms with Gasteiger partial charge in [0.1, 0.15) is 42.7 Å². The molecular weight excluding hydrogens is 728 g/mol. The number of rotatable bonds is 9. The summed E-state index contributed by atoms with van der Waals surface area (Å²) >= 11 is 1.45. The Labute approximate surface area is 310 Å². The molecule has 1 aromatic carbocycles. The lowest BCUT2D eigenvalue weighted by atomic mass is 10.1. The van der Waals surface area contributed by atoms with E-state index < -0.39 is 82.0 Å².